The van der Waals surface area contributed by atoms with Gasteiger partial charge in [0, 0.05) is 5.69 Å². The van der Waals surface area contributed by atoms with Crippen LogP contribution in [0, 0.1) is 5.82 Å². The molecular weight excluding hydrogens is 412 g/mol. The standard InChI is InChI=1S/C22H16Cl2FN3O/c23-18-11-10-17(12-19(18)24)28-20(15-6-8-16(25)9-7-15)21(27-22(28)29)26-13-14-4-2-1-3-5-14/h1-12,20H,13H2,(H,26,27,29). The number of urea groups is 1. The van der Waals surface area contributed by atoms with Crippen LogP contribution in [0.25, 0.3) is 0 Å². The quantitative estimate of drug-likeness (QED) is 0.544. The molecule has 3 aromatic carbocycles. The van der Waals surface area contributed by atoms with Crippen LogP contribution in [0.2, 0.25) is 10.0 Å². The molecule has 1 N–H and O–H groups in total. The highest BCUT2D eigenvalue weighted by atomic mass is 35.5. The molecule has 0 bridgehead atoms. The van der Waals surface area contributed by atoms with E-state index < -0.39 is 6.04 Å². The summed E-state index contributed by atoms with van der Waals surface area (Å²) in [6, 6.07) is 19.8. The lowest BCUT2D eigenvalue weighted by molar-refractivity contribution is 0.252. The molecule has 1 aliphatic heterocycles. The topological polar surface area (TPSA) is 44.7 Å². The van der Waals surface area contributed by atoms with Gasteiger partial charge in [0.25, 0.3) is 0 Å². The van der Waals surface area contributed by atoms with Crippen LogP contribution in [0.3, 0.4) is 0 Å². The maximum atomic E-state index is 13.5. The van der Waals surface area contributed by atoms with Gasteiger partial charge in [-0.1, -0.05) is 65.7 Å². The van der Waals surface area contributed by atoms with Crippen LogP contribution in [-0.4, -0.2) is 11.9 Å². The molecule has 0 aromatic heterocycles. The summed E-state index contributed by atoms with van der Waals surface area (Å²) in [6.45, 7) is 0.406. The monoisotopic (exact) mass is 427 g/mol. The SMILES string of the molecule is O=C1NC(=NCc2ccccc2)C(c2ccc(F)cc2)N1c1ccc(Cl)c(Cl)c1. The maximum absolute atomic E-state index is 13.5. The van der Waals surface area contributed by atoms with Gasteiger partial charge >= 0.3 is 6.03 Å². The number of rotatable bonds is 4. The fraction of sp³-hybridized carbons (Fsp3) is 0.0909. The van der Waals surface area contributed by atoms with Gasteiger partial charge in [-0.3, -0.25) is 15.2 Å². The summed E-state index contributed by atoms with van der Waals surface area (Å²) in [5, 5.41) is 3.57. The minimum absolute atomic E-state index is 0.337. The number of halogens is 3. The number of aliphatic imine (C=N–C) groups is 1. The van der Waals surface area contributed by atoms with Crippen LogP contribution in [0.4, 0.5) is 14.9 Å². The Kier molecular flexibility index (Phi) is 5.51. The van der Waals surface area contributed by atoms with Gasteiger partial charge in [0.2, 0.25) is 0 Å². The molecule has 1 fully saturated rings. The third-order valence-electron chi connectivity index (χ3n) is 4.61. The summed E-state index contributed by atoms with van der Waals surface area (Å²) in [5.41, 5.74) is 2.30. The zero-order chi connectivity index (χ0) is 20.4. The summed E-state index contributed by atoms with van der Waals surface area (Å²) in [6.07, 6.45) is 0. The van der Waals surface area contributed by atoms with Gasteiger partial charge in [0.05, 0.1) is 16.6 Å². The van der Waals surface area contributed by atoms with Crippen molar-refractivity contribution in [3.8, 4) is 0 Å². The van der Waals surface area contributed by atoms with Crippen molar-refractivity contribution in [2.75, 3.05) is 4.90 Å². The van der Waals surface area contributed by atoms with Crippen molar-refractivity contribution in [1.29, 1.82) is 0 Å². The molecule has 7 heteroatoms. The number of carbonyl (C=O) groups is 1. The van der Waals surface area contributed by atoms with Crippen molar-refractivity contribution in [3.63, 3.8) is 0 Å². The molecule has 1 aliphatic rings. The zero-order valence-corrected chi connectivity index (χ0v) is 16.7. The molecule has 0 radical (unpaired) electrons. The number of amides is 2. The van der Waals surface area contributed by atoms with Gasteiger partial charge < -0.3 is 0 Å². The molecule has 0 spiro atoms. The second-order valence-corrected chi connectivity index (χ2v) is 7.35. The lowest BCUT2D eigenvalue weighted by Gasteiger charge is -2.24. The average Bonchev–Trinajstić information content (AvgIpc) is 3.06. The Morgan fingerprint density at radius 2 is 1.69 bits per heavy atom. The number of anilines is 1. The van der Waals surface area contributed by atoms with E-state index in [9.17, 15) is 9.18 Å². The van der Waals surface area contributed by atoms with Gasteiger partial charge in [-0.15, -0.1) is 0 Å². The molecule has 1 heterocycles. The molecule has 0 aliphatic carbocycles. The van der Waals surface area contributed by atoms with Crippen LogP contribution in [0.1, 0.15) is 17.2 Å². The summed E-state index contributed by atoms with van der Waals surface area (Å²) in [4.78, 5) is 19.0. The predicted molar refractivity (Wildman–Crippen MR) is 114 cm³/mol. The summed E-state index contributed by atoms with van der Waals surface area (Å²) in [7, 11) is 0. The third kappa shape index (κ3) is 4.11. The van der Waals surface area contributed by atoms with Crippen LogP contribution >= 0.6 is 23.2 Å². The Hall–Kier alpha value is -2.89. The first kappa shape index (κ1) is 19.4. The van der Waals surface area contributed by atoms with E-state index in [2.05, 4.69) is 10.3 Å². The molecule has 146 valence electrons. The Morgan fingerprint density at radius 3 is 2.38 bits per heavy atom. The van der Waals surface area contributed by atoms with Crippen LogP contribution in [0.15, 0.2) is 77.8 Å². The van der Waals surface area contributed by atoms with Gasteiger partial charge in [-0.05, 0) is 41.5 Å². The van der Waals surface area contributed by atoms with Gasteiger partial charge in [-0.25, -0.2) is 9.18 Å². The molecule has 0 saturated carbocycles. The van der Waals surface area contributed by atoms with Crippen molar-refractivity contribution in [3.05, 3.63) is 99.8 Å². The van der Waals surface area contributed by atoms with Crippen molar-refractivity contribution >= 4 is 40.8 Å². The number of amidine groups is 1. The summed E-state index contributed by atoms with van der Waals surface area (Å²) < 4.78 is 13.5. The molecule has 1 saturated heterocycles. The van der Waals surface area contributed by atoms with Crippen molar-refractivity contribution in [2.45, 2.75) is 12.6 Å². The normalized spacial score (nSPS) is 17.6. The highest BCUT2D eigenvalue weighted by Gasteiger charge is 2.39. The Labute approximate surface area is 177 Å². The van der Waals surface area contributed by atoms with Crippen LogP contribution < -0.4 is 10.2 Å². The highest BCUT2D eigenvalue weighted by molar-refractivity contribution is 6.42. The first-order valence-corrected chi connectivity index (χ1v) is 9.67. The molecule has 29 heavy (non-hydrogen) atoms. The molecule has 4 rings (SSSR count). The van der Waals surface area contributed by atoms with Gasteiger partial charge in [-0.2, -0.15) is 0 Å². The van der Waals surface area contributed by atoms with E-state index in [0.717, 1.165) is 11.1 Å². The minimum Gasteiger partial charge on any atom is -0.294 e. The van der Waals surface area contributed by atoms with E-state index >= 15 is 0 Å². The third-order valence-corrected chi connectivity index (χ3v) is 5.35. The maximum Gasteiger partial charge on any atom is 0.328 e. The second kappa shape index (κ2) is 8.23. The molecule has 3 aromatic rings. The molecule has 1 atom stereocenters. The number of carbonyl (C=O) groups excluding carboxylic acids is 1. The predicted octanol–water partition coefficient (Wildman–Crippen LogP) is 6.00. The second-order valence-electron chi connectivity index (χ2n) is 6.54. The largest absolute Gasteiger partial charge is 0.328 e. The molecule has 1 unspecified atom stereocenters. The summed E-state index contributed by atoms with van der Waals surface area (Å²) >= 11 is 12.2. The van der Waals surface area contributed by atoms with E-state index in [1.165, 1.54) is 12.1 Å². The Morgan fingerprint density at radius 1 is 0.966 bits per heavy atom. The Balaban J connectivity index is 1.76. The van der Waals surface area contributed by atoms with E-state index in [-0.39, 0.29) is 11.8 Å². The molecular formula is C22H16Cl2FN3O. The van der Waals surface area contributed by atoms with Crippen molar-refractivity contribution < 1.29 is 9.18 Å². The first-order chi connectivity index (χ1) is 14.0. The van der Waals surface area contributed by atoms with Gasteiger partial charge in [0.1, 0.15) is 17.7 Å². The van der Waals surface area contributed by atoms with E-state index in [0.29, 0.717) is 28.1 Å². The minimum atomic E-state index is -0.538. The first-order valence-electron chi connectivity index (χ1n) is 8.92. The number of nitrogens with one attached hydrogen (secondary N) is 1. The molecule has 4 nitrogen and oxygen atoms in total. The van der Waals surface area contributed by atoms with E-state index in [1.54, 1.807) is 35.2 Å². The van der Waals surface area contributed by atoms with Crippen LogP contribution in [-0.2, 0) is 6.54 Å². The van der Waals surface area contributed by atoms with Gasteiger partial charge in [0.15, 0.2) is 0 Å². The highest BCUT2D eigenvalue weighted by Crippen LogP contribution is 2.35. The smallest absolute Gasteiger partial charge is 0.294 e. The molecule has 2 amide bonds. The Bertz CT molecular complexity index is 1070. The number of hydrogen-bond donors (Lipinski definition) is 1. The number of nitrogens with zero attached hydrogens (tertiary/aromatic N) is 2. The van der Waals surface area contributed by atoms with E-state index in [1.807, 2.05) is 30.3 Å². The van der Waals surface area contributed by atoms with Crippen molar-refractivity contribution in [2.24, 2.45) is 4.99 Å². The average molecular weight is 428 g/mol. The lowest BCUT2D eigenvalue weighted by atomic mass is 10.0. The summed E-state index contributed by atoms with van der Waals surface area (Å²) in [5.74, 6) is 0.131. The van der Waals surface area contributed by atoms with Crippen molar-refractivity contribution in [1.82, 2.24) is 5.32 Å². The number of hydrogen-bond acceptors (Lipinski definition) is 2. The van der Waals surface area contributed by atoms with E-state index in [4.69, 9.17) is 23.2 Å². The zero-order valence-electron chi connectivity index (χ0n) is 15.1. The fourth-order valence-electron chi connectivity index (χ4n) is 3.22. The lowest BCUT2D eigenvalue weighted by Crippen LogP contribution is -2.29. The fourth-order valence-corrected chi connectivity index (χ4v) is 3.51. The van der Waals surface area contributed by atoms with Crippen LogP contribution in [0.5, 0.6) is 0 Å². The number of benzene rings is 3.